The minimum Gasteiger partial charge on any atom is -0.330 e. The summed E-state index contributed by atoms with van der Waals surface area (Å²) in [6.07, 6.45) is 0.108. The Morgan fingerprint density at radius 3 is 2.56 bits per heavy atom. The third kappa shape index (κ3) is 6.59. The number of halogens is 4. The van der Waals surface area contributed by atoms with Gasteiger partial charge in [0.25, 0.3) is 0 Å². The molecular formula is C25H25F4N5OS. The first-order valence-electron chi connectivity index (χ1n) is 11.0. The molecule has 190 valence electrons. The van der Waals surface area contributed by atoms with E-state index in [1.165, 1.54) is 35.7 Å². The molecule has 0 spiro atoms. The zero-order chi connectivity index (χ0) is 26.5. The van der Waals surface area contributed by atoms with Crippen molar-refractivity contribution in [1.29, 1.82) is 5.26 Å². The van der Waals surface area contributed by atoms with Gasteiger partial charge in [-0.3, -0.25) is 9.48 Å². The molecule has 36 heavy (non-hydrogen) atoms. The Labute approximate surface area is 210 Å². The Kier molecular flexibility index (Phi) is 8.66. The van der Waals surface area contributed by atoms with Crippen molar-refractivity contribution in [2.75, 3.05) is 20.6 Å². The van der Waals surface area contributed by atoms with Crippen molar-refractivity contribution in [3.63, 3.8) is 0 Å². The fraction of sp³-hybridized carbons (Fsp3) is 0.320. The number of carbonyl (C=O) groups excluding carboxylic acids is 1. The number of carbonyl (C=O) groups is 1. The van der Waals surface area contributed by atoms with E-state index in [0.717, 1.165) is 32.6 Å². The summed E-state index contributed by atoms with van der Waals surface area (Å²) in [5.74, 6) is -0.655. The SMILES string of the molecule is CCn1cc(-c2ccccc2F)c(C(F)(F)F)n1.CN(C)C/C=C/C(=O)N1Cc2cc(C#N)sc2C1. The lowest BCUT2D eigenvalue weighted by molar-refractivity contribution is -0.141. The van der Waals surface area contributed by atoms with E-state index in [9.17, 15) is 22.4 Å². The van der Waals surface area contributed by atoms with Crippen LogP contribution in [0.25, 0.3) is 11.1 Å². The Balaban J connectivity index is 0.000000201. The monoisotopic (exact) mass is 519 g/mol. The van der Waals surface area contributed by atoms with Crippen molar-refractivity contribution in [2.24, 2.45) is 0 Å². The number of alkyl halides is 3. The average molecular weight is 520 g/mol. The number of likely N-dealkylation sites (N-methyl/N-ethyl adjacent to an activating group) is 1. The Bertz CT molecular complexity index is 1260. The van der Waals surface area contributed by atoms with Crippen molar-refractivity contribution in [2.45, 2.75) is 32.7 Å². The molecule has 3 aromatic rings. The summed E-state index contributed by atoms with van der Waals surface area (Å²) in [4.78, 5) is 17.6. The molecule has 0 atom stereocenters. The number of rotatable bonds is 5. The van der Waals surface area contributed by atoms with Gasteiger partial charge >= 0.3 is 6.18 Å². The highest BCUT2D eigenvalue weighted by Crippen LogP contribution is 2.37. The second-order valence-corrected chi connectivity index (χ2v) is 9.39. The van der Waals surface area contributed by atoms with Crippen LogP contribution in [0.2, 0.25) is 0 Å². The van der Waals surface area contributed by atoms with Crippen LogP contribution in [0.5, 0.6) is 0 Å². The molecule has 6 nitrogen and oxygen atoms in total. The molecule has 0 bridgehead atoms. The fourth-order valence-electron chi connectivity index (χ4n) is 3.52. The first-order chi connectivity index (χ1) is 17.0. The number of thiophene rings is 1. The van der Waals surface area contributed by atoms with Crippen molar-refractivity contribution in [3.8, 4) is 17.2 Å². The number of aryl methyl sites for hydroxylation is 1. The van der Waals surface area contributed by atoms with Crippen LogP contribution in [0.1, 0.15) is 27.9 Å². The predicted octanol–water partition coefficient (Wildman–Crippen LogP) is 5.31. The molecule has 0 unspecified atom stereocenters. The molecule has 0 saturated carbocycles. The van der Waals surface area contributed by atoms with Crippen LogP contribution < -0.4 is 0 Å². The van der Waals surface area contributed by atoms with E-state index < -0.39 is 17.7 Å². The molecule has 0 saturated heterocycles. The largest absolute Gasteiger partial charge is 0.435 e. The highest BCUT2D eigenvalue weighted by Gasteiger charge is 2.38. The molecule has 1 aromatic carbocycles. The molecule has 0 radical (unpaired) electrons. The predicted molar refractivity (Wildman–Crippen MR) is 129 cm³/mol. The van der Waals surface area contributed by atoms with Gasteiger partial charge < -0.3 is 9.80 Å². The zero-order valence-electron chi connectivity index (χ0n) is 20.0. The van der Waals surface area contributed by atoms with Gasteiger partial charge in [0.15, 0.2) is 5.69 Å². The van der Waals surface area contributed by atoms with Gasteiger partial charge in [-0.25, -0.2) is 4.39 Å². The number of fused-ring (bicyclic) bond motifs is 1. The van der Waals surface area contributed by atoms with Crippen molar-refractivity contribution in [1.82, 2.24) is 19.6 Å². The topological polar surface area (TPSA) is 65.2 Å². The number of hydrogen-bond donors (Lipinski definition) is 0. The second kappa shape index (κ2) is 11.5. The molecule has 2 aromatic heterocycles. The van der Waals surface area contributed by atoms with Gasteiger partial charge in [-0.2, -0.15) is 23.5 Å². The van der Waals surface area contributed by atoms with E-state index in [1.54, 1.807) is 17.9 Å². The Morgan fingerprint density at radius 2 is 1.97 bits per heavy atom. The van der Waals surface area contributed by atoms with Gasteiger partial charge in [-0.05, 0) is 38.7 Å². The highest BCUT2D eigenvalue weighted by atomic mass is 32.1. The minimum atomic E-state index is -4.60. The van der Waals surface area contributed by atoms with Crippen LogP contribution in [-0.4, -0.2) is 46.1 Å². The number of amides is 1. The molecule has 11 heteroatoms. The van der Waals surface area contributed by atoms with Crippen LogP contribution in [-0.2, 0) is 30.6 Å². The number of nitrogens with zero attached hydrogens (tertiary/aromatic N) is 5. The molecular weight excluding hydrogens is 494 g/mol. The van der Waals surface area contributed by atoms with Gasteiger partial charge in [0.2, 0.25) is 5.91 Å². The summed E-state index contributed by atoms with van der Waals surface area (Å²) >= 11 is 1.48. The Morgan fingerprint density at radius 1 is 1.25 bits per heavy atom. The maximum Gasteiger partial charge on any atom is 0.435 e. The van der Waals surface area contributed by atoms with Crippen LogP contribution in [0.3, 0.4) is 0 Å². The smallest absolute Gasteiger partial charge is 0.330 e. The van der Waals surface area contributed by atoms with Crippen LogP contribution in [0.15, 0.2) is 48.7 Å². The first kappa shape index (κ1) is 27.1. The minimum absolute atomic E-state index is 0.0405. The summed E-state index contributed by atoms with van der Waals surface area (Å²) in [6, 6.07) is 9.37. The van der Waals surface area contributed by atoms with Gasteiger partial charge in [0, 0.05) is 47.9 Å². The van der Waals surface area contributed by atoms with Crippen LogP contribution in [0, 0.1) is 17.1 Å². The lowest BCUT2D eigenvalue weighted by Crippen LogP contribution is -2.23. The number of aromatic nitrogens is 2. The zero-order valence-corrected chi connectivity index (χ0v) is 20.8. The normalized spacial score (nSPS) is 13.0. The fourth-order valence-corrected chi connectivity index (χ4v) is 4.51. The van der Waals surface area contributed by atoms with Crippen LogP contribution >= 0.6 is 11.3 Å². The molecule has 0 fully saturated rings. The molecule has 1 aliphatic rings. The number of hydrogen-bond acceptors (Lipinski definition) is 5. The molecule has 0 N–H and O–H groups in total. The molecule has 1 amide bonds. The molecule has 1 aliphatic heterocycles. The number of nitriles is 1. The molecule has 4 rings (SSSR count). The third-order valence-electron chi connectivity index (χ3n) is 5.26. The average Bonchev–Trinajstić information content (AvgIpc) is 3.52. The van der Waals surface area contributed by atoms with Gasteiger partial charge in [0.05, 0.1) is 6.54 Å². The lowest BCUT2D eigenvalue weighted by Gasteiger charge is -2.13. The van der Waals surface area contributed by atoms with Gasteiger partial charge in [0.1, 0.15) is 16.8 Å². The summed E-state index contributed by atoms with van der Waals surface area (Å²) in [7, 11) is 3.93. The number of benzene rings is 1. The maximum absolute atomic E-state index is 13.6. The molecule has 0 aliphatic carbocycles. The van der Waals surface area contributed by atoms with E-state index in [4.69, 9.17) is 5.26 Å². The van der Waals surface area contributed by atoms with Gasteiger partial charge in [-0.1, -0.05) is 24.3 Å². The van der Waals surface area contributed by atoms with Gasteiger partial charge in [-0.15, -0.1) is 11.3 Å². The summed E-state index contributed by atoms with van der Waals surface area (Å²) in [6.45, 7) is 3.97. The van der Waals surface area contributed by atoms with Crippen molar-refractivity contribution < 1.29 is 22.4 Å². The van der Waals surface area contributed by atoms with Crippen molar-refractivity contribution in [3.05, 3.63) is 75.5 Å². The van der Waals surface area contributed by atoms with E-state index in [0.29, 0.717) is 13.1 Å². The van der Waals surface area contributed by atoms with E-state index in [-0.39, 0.29) is 23.6 Å². The van der Waals surface area contributed by atoms with E-state index in [1.807, 2.05) is 31.1 Å². The summed E-state index contributed by atoms with van der Waals surface area (Å²) < 4.78 is 53.1. The van der Waals surface area contributed by atoms with Crippen LogP contribution in [0.4, 0.5) is 17.6 Å². The first-order valence-corrected chi connectivity index (χ1v) is 11.9. The Hall–Kier alpha value is -3.49. The standard InChI is InChI=1S/C13H15N3OS.C12H10F4N2/c1-15(2)5-3-4-13(17)16-8-10-6-11(7-14)18-12(10)9-16;1-2-18-7-9(11(17-18)12(14,15)16)8-5-3-4-6-10(8)13/h3-4,6H,5,8-9H2,1-2H3;3-7H,2H2,1H3/b4-3+;. The second-order valence-electron chi connectivity index (χ2n) is 8.25. The van der Waals surface area contributed by atoms with E-state index >= 15 is 0 Å². The highest BCUT2D eigenvalue weighted by molar-refractivity contribution is 7.12. The lowest BCUT2D eigenvalue weighted by atomic mass is 10.1. The molecule has 3 heterocycles. The van der Waals surface area contributed by atoms with Crippen molar-refractivity contribution >= 4 is 17.2 Å². The third-order valence-corrected chi connectivity index (χ3v) is 6.33. The summed E-state index contributed by atoms with van der Waals surface area (Å²) in [5, 5.41) is 12.2. The quantitative estimate of drug-likeness (QED) is 0.339. The van der Waals surface area contributed by atoms with E-state index in [2.05, 4.69) is 11.2 Å². The maximum atomic E-state index is 13.6. The summed E-state index contributed by atoms with van der Waals surface area (Å²) in [5.41, 5.74) is -0.271.